The van der Waals surface area contributed by atoms with E-state index in [1.807, 2.05) is 30.6 Å². The zero-order chi connectivity index (χ0) is 9.97. The maximum Gasteiger partial charge on any atom is 0.125 e. The van der Waals surface area contributed by atoms with Gasteiger partial charge in [0.25, 0.3) is 0 Å². The fourth-order valence-corrected chi connectivity index (χ4v) is 1.93. The van der Waals surface area contributed by atoms with Gasteiger partial charge in [0.05, 0.1) is 0 Å². The number of hydrogen-bond acceptors (Lipinski definition) is 4. The van der Waals surface area contributed by atoms with Crippen molar-refractivity contribution in [3.63, 3.8) is 0 Å². The minimum Gasteiger partial charge on any atom is -0.398 e. The van der Waals surface area contributed by atoms with Crippen molar-refractivity contribution in [3.05, 3.63) is 29.8 Å². The van der Waals surface area contributed by atoms with Crippen LogP contribution < -0.4 is 11.1 Å². The lowest BCUT2D eigenvalue weighted by molar-refractivity contribution is 1.41. The summed E-state index contributed by atoms with van der Waals surface area (Å²) in [5.41, 5.74) is 8.68. The highest BCUT2D eigenvalue weighted by Crippen LogP contribution is 2.29. The Morgan fingerprint density at radius 1 is 1.43 bits per heavy atom. The van der Waals surface area contributed by atoms with Crippen LogP contribution in [0.3, 0.4) is 0 Å². The number of aromatic nitrogens is 1. The average molecular weight is 205 g/mol. The lowest BCUT2D eigenvalue weighted by atomic mass is 10.1. The second kappa shape index (κ2) is 3.67. The highest BCUT2D eigenvalue weighted by Gasteiger charge is 2.05. The standard InChI is InChI=1S/C10H11N3S/c1-12-7-2-3-9(11)8(6-7)10-13-4-5-14-10/h2-6,12H,11H2,1H3. The molecule has 0 amide bonds. The minimum atomic E-state index is 0.763. The summed E-state index contributed by atoms with van der Waals surface area (Å²) in [5.74, 6) is 0. The van der Waals surface area contributed by atoms with Crippen LogP contribution in [0.25, 0.3) is 10.6 Å². The molecule has 0 radical (unpaired) electrons. The summed E-state index contributed by atoms with van der Waals surface area (Å²) in [6.07, 6.45) is 1.78. The van der Waals surface area contributed by atoms with Crippen LogP contribution >= 0.6 is 11.3 Å². The molecular formula is C10H11N3S. The minimum absolute atomic E-state index is 0.763. The molecule has 14 heavy (non-hydrogen) atoms. The first kappa shape index (κ1) is 9.02. The molecule has 0 atom stereocenters. The molecular weight excluding hydrogens is 194 g/mol. The van der Waals surface area contributed by atoms with Gasteiger partial charge in [0.15, 0.2) is 0 Å². The van der Waals surface area contributed by atoms with Crippen LogP contribution in [0, 0.1) is 0 Å². The number of nitrogen functional groups attached to an aromatic ring is 1. The van der Waals surface area contributed by atoms with Gasteiger partial charge in [-0.25, -0.2) is 4.98 Å². The van der Waals surface area contributed by atoms with Crippen LogP contribution in [0.15, 0.2) is 29.8 Å². The molecule has 0 aliphatic carbocycles. The smallest absolute Gasteiger partial charge is 0.125 e. The molecule has 0 unspecified atom stereocenters. The monoisotopic (exact) mass is 205 g/mol. The summed E-state index contributed by atoms with van der Waals surface area (Å²) >= 11 is 1.59. The van der Waals surface area contributed by atoms with Crippen LogP contribution in [0.2, 0.25) is 0 Å². The normalized spacial score (nSPS) is 10.1. The van der Waals surface area contributed by atoms with Gasteiger partial charge in [-0.15, -0.1) is 11.3 Å². The Balaban J connectivity index is 2.51. The summed E-state index contributed by atoms with van der Waals surface area (Å²) < 4.78 is 0. The number of nitrogens with one attached hydrogen (secondary N) is 1. The number of nitrogens with zero attached hydrogens (tertiary/aromatic N) is 1. The molecule has 1 aromatic heterocycles. The Kier molecular flexibility index (Phi) is 2.37. The van der Waals surface area contributed by atoms with Gasteiger partial charge in [0, 0.05) is 35.6 Å². The van der Waals surface area contributed by atoms with E-state index in [2.05, 4.69) is 10.3 Å². The van der Waals surface area contributed by atoms with Gasteiger partial charge in [-0.05, 0) is 18.2 Å². The van der Waals surface area contributed by atoms with Gasteiger partial charge in [-0.1, -0.05) is 0 Å². The van der Waals surface area contributed by atoms with Crippen molar-refractivity contribution in [1.82, 2.24) is 4.98 Å². The lowest BCUT2D eigenvalue weighted by Crippen LogP contribution is -1.93. The molecule has 2 aromatic rings. The van der Waals surface area contributed by atoms with E-state index in [0.29, 0.717) is 0 Å². The molecule has 4 heteroatoms. The van der Waals surface area contributed by atoms with E-state index in [0.717, 1.165) is 21.9 Å². The molecule has 1 aromatic carbocycles. The van der Waals surface area contributed by atoms with Crippen molar-refractivity contribution in [3.8, 4) is 10.6 Å². The Bertz CT molecular complexity index is 423. The molecule has 0 saturated heterocycles. The maximum absolute atomic E-state index is 5.87. The first-order valence-electron chi connectivity index (χ1n) is 4.28. The SMILES string of the molecule is CNc1ccc(N)c(-c2nccs2)c1. The predicted octanol–water partition coefficient (Wildman–Crippen LogP) is 2.43. The number of thiazole rings is 1. The second-order valence-corrected chi connectivity index (χ2v) is 3.78. The molecule has 3 N–H and O–H groups in total. The van der Waals surface area contributed by atoms with E-state index >= 15 is 0 Å². The van der Waals surface area contributed by atoms with Gasteiger partial charge in [-0.3, -0.25) is 0 Å². The first-order valence-corrected chi connectivity index (χ1v) is 5.16. The third kappa shape index (κ3) is 1.56. The quantitative estimate of drug-likeness (QED) is 0.740. The summed E-state index contributed by atoms with van der Waals surface area (Å²) in [6.45, 7) is 0. The van der Waals surface area contributed by atoms with Crippen molar-refractivity contribution >= 4 is 22.7 Å². The van der Waals surface area contributed by atoms with Gasteiger partial charge in [0.2, 0.25) is 0 Å². The Hall–Kier alpha value is -1.55. The molecule has 0 bridgehead atoms. The zero-order valence-electron chi connectivity index (χ0n) is 7.82. The third-order valence-corrected chi connectivity index (χ3v) is 2.81. The third-order valence-electron chi connectivity index (χ3n) is 2.00. The highest BCUT2D eigenvalue weighted by molar-refractivity contribution is 7.13. The molecule has 0 spiro atoms. The van der Waals surface area contributed by atoms with E-state index in [-0.39, 0.29) is 0 Å². The van der Waals surface area contributed by atoms with E-state index in [1.54, 1.807) is 17.5 Å². The molecule has 72 valence electrons. The number of rotatable bonds is 2. The molecule has 0 fully saturated rings. The predicted molar refractivity (Wildman–Crippen MR) is 61.5 cm³/mol. The Morgan fingerprint density at radius 2 is 2.29 bits per heavy atom. The van der Waals surface area contributed by atoms with Crippen LogP contribution in [-0.2, 0) is 0 Å². The van der Waals surface area contributed by atoms with Crippen LogP contribution in [0.5, 0.6) is 0 Å². The highest BCUT2D eigenvalue weighted by atomic mass is 32.1. The van der Waals surface area contributed by atoms with Crippen molar-refractivity contribution in [1.29, 1.82) is 0 Å². The summed E-state index contributed by atoms with van der Waals surface area (Å²) in [4.78, 5) is 4.23. The van der Waals surface area contributed by atoms with Crippen LogP contribution in [-0.4, -0.2) is 12.0 Å². The number of anilines is 2. The van der Waals surface area contributed by atoms with Gasteiger partial charge in [-0.2, -0.15) is 0 Å². The second-order valence-electron chi connectivity index (χ2n) is 2.89. The van der Waals surface area contributed by atoms with E-state index < -0.39 is 0 Å². The topological polar surface area (TPSA) is 50.9 Å². The largest absolute Gasteiger partial charge is 0.398 e. The van der Waals surface area contributed by atoms with Gasteiger partial charge < -0.3 is 11.1 Å². The Labute approximate surface area is 86.6 Å². The van der Waals surface area contributed by atoms with Crippen molar-refractivity contribution in [2.45, 2.75) is 0 Å². The molecule has 0 aliphatic rings. The number of hydrogen-bond donors (Lipinski definition) is 2. The summed E-state index contributed by atoms with van der Waals surface area (Å²) in [5, 5.41) is 5.98. The van der Waals surface area contributed by atoms with E-state index in [1.165, 1.54) is 0 Å². The molecule has 1 heterocycles. The van der Waals surface area contributed by atoms with Crippen molar-refractivity contribution in [2.24, 2.45) is 0 Å². The molecule has 3 nitrogen and oxygen atoms in total. The van der Waals surface area contributed by atoms with Crippen LogP contribution in [0.1, 0.15) is 0 Å². The molecule has 0 saturated carbocycles. The van der Waals surface area contributed by atoms with Crippen molar-refractivity contribution < 1.29 is 0 Å². The number of benzene rings is 1. The summed E-state index contributed by atoms with van der Waals surface area (Å²) in [6, 6.07) is 5.85. The average Bonchev–Trinajstić information content (AvgIpc) is 2.71. The van der Waals surface area contributed by atoms with Crippen molar-refractivity contribution in [2.75, 3.05) is 18.1 Å². The van der Waals surface area contributed by atoms with Gasteiger partial charge >= 0.3 is 0 Å². The fourth-order valence-electron chi connectivity index (χ4n) is 1.25. The fraction of sp³-hybridized carbons (Fsp3) is 0.100. The molecule has 0 aliphatic heterocycles. The lowest BCUT2D eigenvalue weighted by Gasteiger charge is -2.05. The first-order chi connectivity index (χ1) is 6.81. The van der Waals surface area contributed by atoms with E-state index in [4.69, 9.17) is 5.73 Å². The molecule has 2 rings (SSSR count). The zero-order valence-corrected chi connectivity index (χ0v) is 8.64. The number of nitrogens with two attached hydrogens (primary N) is 1. The Morgan fingerprint density at radius 3 is 2.93 bits per heavy atom. The van der Waals surface area contributed by atoms with Gasteiger partial charge in [0.1, 0.15) is 5.01 Å². The maximum atomic E-state index is 5.87. The summed E-state index contributed by atoms with van der Waals surface area (Å²) in [7, 11) is 1.89. The van der Waals surface area contributed by atoms with E-state index in [9.17, 15) is 0 Å². The van der Waals surface area contributed by atoms with Crippen LogP contribution in [0.4, 0.5) is 11.4 Å².